The van der Waals surface area contributed by atoms with Crippen LogP contribution in [0, 0.1) is 0 Å². The number of fused-ring (bicyclic) bond motifs is 3. The van der Waals surface area contributed by atoms with E-state index in [9.17, 15) is 14.4 Å². The number of nitrogens with zero attached hydrogens (tertiary/aromatic N) is 2. The summed E-state index contributed by atoms with van der Waals surface area (Å²) in [6, 6.07) is 7.96. The van der Waals surface area contributed by atoms with Crippen molar-refractivity contribution in [3.8, 4) is 0 Å². The van der Waals surface area contributed by atoms with Crippen LogP contribution in [0.2, 0.25) is 0 Å². The minimum absolute atomic E-state index is 0.0156. The molecule has 194 valence electrons. The van der Waals surface area contributed by atoms with Crippen LogP contribution in [0.1, 0.15) is 101 Å². The van der Waals surface area contributed by atoms with Gasteiger partial charge < -0.3 is 20.1 Å². The van der Waals surface area contributed by atoms with E-state index in [4.69, 9.17) is 0 Å². The van der Waals surface area contributed by atoms with Gasteiger partial charge in [-0.3, -0.25) is 14.4 Å². The van der Waals surface area contributed by atoms with Crippen LogP contribution in [-0.4, -0.2) is 44.8 Å². The molecule has 1 atom stereocenters. The Morgan fingerprint density at radius 1 is 0.917 bits per heavy atom. The summed E-state index contributed by atoms with van der Waals surface area (Å²) in [6.07, 6.45) is 13.0. The smallest absolute Gasteiger partial charge is 0.273 e. The van der Waals surface area contributed by atoms with Gasteiger partial charge in [0.2, 0.25) is 11.8 Å². The Morgan fingerprint density at radius 2 is 1.53 bits per heavy atom. The topological polar surface area (TPSA) is 83.4 Å². The number of hydrogen-bond donors (Lipinski definition) is 2. The first-order valence-corrected chi connectivity index (χ1v) is 13.9. The molecule has 1 aromatic heterocycles. The SMILES string of the molecule is CC(=O)Nc1c2n(c3ccccc13)CC(C)(C(=O)NC1CCCCCC1)N(C1CCCCCC1)C2=O. The molecule has 2 heterocycles. The first kappa shape index (κ1) is 24.8. The van der Waals surface area contributed by atoms with Gasteiger partial charge in [0.15, 0.2) is 0 Å². The Bertz CT molecular complexity index is 1140. The Kier molecular flexibility index (Phi) is 7.09. The second-order valence-electron chi connectivity index (χ2n) is 11.3. The molecule has 1 aromatic carbocycles. The molecule has 2 fully saturated rings. The lowest BCUT2D eigenvalue weighted by Crippen LogP contribution is -2.67. The van der Waals surface area contributed by atoms with Crippen LogP contribution >= 0.6 is 0 Å². The van der Waals surface area contributed by atoms with Crippen LogP contribution in [0.4, 0.5) is 5.69 Å². The Balaban J connectivity index is 1.60. The van der Waals surface area contributed by atoms with Gasteiger partial charge in [0.1, 0.15) is 11.2 Å². The summed E-state index contributed by atoms with van der Waals surface area (Å²) < 4.78 is 1.98. The van der Waals surface area contributed by atoms with Gasteiger partial charge in [-0.25, -0.2) is 0 Å². The van der Waals surface area contributed by atoms with E-state index >= 15 is 0 Å². The van der Waals surface area contributed by atoms with Crippen molar-refractivity contribution in [3.63, 3.8) is 0 Å². The molecule has 0 radical (unpaired) electrons. The predicted molar refractivity (Wildman–Crippen MR) is 142 cm³/mol. The van der Waals surface area contributed by atoms with Crippen LogP contribution in [0.3, 0.4) is 0 Å². The van der Waals surface area contributed by atoms with Crippen molar-refractivity contribution in [2.24, 2.45) is 0 Å². The number of hydrogen-bond acceptors (Lipinski definition) is 3. The number of para-hydroxylation sites is 1. The van der Waals surface area contributed by atoms with Gasteiger partial charge in [-0.05, 0) is 38.7 Å². The second kappa shape index (κ2) is 10.3. The fourth-order valence-corrected chi connectivity index (χ4v) is 6.75. The van der Waals surface area contributed by atoms with E-state index < -0.39 is 5.54 Å². The third-order valence-corrected chi connectivity index (χ3v) is 8.56. The fourth-order valence-electron chi connectivity index (χ4n) is 6.75. The highest BCUT2D eigenvalue weighted by atomic mass is 16.2. The zero-order valence-corrected chi connectivity index (χ0v) is 21.8. The summed E-state index contributed by atoms with van der Waals surface area (Å²) >= 11 is 0. The van der Waals surface area contributed by atoms with E-state index in [0.29, 0.717) is 17.9 Å². The highest BCUT2D eigenvalue weighted by Crippen LogP contribution is 2.41. The Hall–Kier alpha value is -2.83. The van der Waals surface area contributed by atoms with Crippen molar-refractivity contribution in [2.45, 2.75) is 115 Å². The van der Waals surface area contributed by atoms with E-state index in [-0.39, 0.29) is 29.8 Å². The van der Waals surface area contributed by atoms with Crippen LogP contribution in [0.5, 0.6) is 0 Å². The lowest BCUT2D eigenvalue weighted by molar-refractivity contribution is -0.135. The van der Waals surface area contributed by atoms with Crippen LogP contribution in [-0.2, 0) is 16.1 Å². The van der Waals surface area contributed by atoms with E-state index in [1.165, 1.54) is 32.6 Å². The standard InChI is InChI=1S/C29H40N4O3/c1-20(34)30-25-23-17-11-12-18-24(23)32-19-29(2,28(36)31-21-13-7-3-4-8-14-21)33(27(35)26(25)32)22-15-9-5-6-10-16-22/h11-12,17-18,21-22H,3-10,13-16,19H2,1-2H3,(H,30,34)(H,31,36). The molecule has 5 rings (SSSR count). The molecule has 7 nitrogen and oxygen atoms in total. The van der Waals surface area contributed by atoms with E-state index in [2.05, 4.69) is 10.6 Å². The minimum Gasteiger partial charge on any atom is -0.351 e. The number of carbonyl (C=O) groups is 3. The van der Waals surface area contributed by atoms with E-state index in [0.717, 1.165) is 62.3 Å². The van der Waals surface area contributed by atoms with Crippen molar-refractivity contribution in [1.82, 2.24) is 14.8 Å². The molecule has 3 aliphatic rings. The first-order chi connectivity index (χ1) is 17.4. The number of amides is 3. The fraction of sp³-hybridized carbons (Fsp3) is 0.621. The van der Waals surface area contributed by atoms with Gasteiger partial charge in [-0.2, -0.15) is 0 Å². The zero-order valence-electron chi connectivity index (χ0n) is 21.8. The zero-order chi connectivity index (χ0) is 25.3. The summed E-state index contributed by atoms with van der Waals surface area (Å²) in [5.41, 5.74) is 0.933. The molecule has 36 heavy (non-hydrogen) atoms. The van der Waals surface area contributed by atoms with Gasteiger partial charge in [0.25, 0.3) is 5.91 Å². The van der Waals surface area contributed by atoms with Gasteiger partial charge >= 0.3 is 0 Å². The normalized spacial score (nSPS) is 24.2. The minimum atomic E-state index is -0.999. The van der Waals surface area contributed by atoms with Crippen molar-refractivity contribution in [3.05, 3.63) is 30.0 Å². The lowest BCUT2D eigenvalue weighted by atomic mass is 9.89. The molecule has 1 unspecified atom stereocenters. The number of anilines is 1. The van der Waals surface area contributed by atoms with Crippen LogP contribution in [0.25, 0.3) is 10.9 Å². The van der Waals surface area contributed by atoms with Gasteiger partial charge in [-0.15, -0.1) is 0 Å². The number of aromatic nitrogens is 1. The Morgan fingerprint density at radius 3 is 2.17 bits per heavy atom. The summed E-state index contributed by atoms with van der Waals surface area (Å²) in [5, 5.41) is 7.16. The molecule has 1 aliphatic heterocycles. The van der Waals surface area contributed by atoms with E-state index in [1.807, 2.05) is 40.7 Å². The maximum absolute atomic E-state index is 14.4. The van der Waals surface area contributed by atoms with E-state index in [1.54, 1.807) is 0 Å². The summed E-state index contributed by atoms with van der Waals surface area (Å²) in [6.45, 7) is 3.81. The summed E-state index contributed by atoms with van der Waals surface area (Å²) in [4.78, 5) is 42.6. The maximum Gasteiger partial charge on any atom is 0.273 e. The van der Waals surface area contributed by atoms with Crippen molar-refractivity contribution < 1.29 is 14.4 Å². The van der Waals surface area contributed by atoms with Crippen molar-refractivity contribution >= 4 is 34.3 Å². The largest absolute Gasteiger partial charge is 0.351 e. The molecule has 3 amide bonds. The molecule has 2 aliphatic carbocycles. The molecule has 2 aromatic rings. The summed E-state index contributed by atoms with van der Waals surface area (Å²) in [5.74, 6) is -0.398. The highest BCUT2D eigenvalue weighted by molar-refractivity contribution is 6.14. The first-order valence-electron chi connectivity index (χ1n) is 13.9. The molecule has 7 heteroatoms. The van der Waals surface area contributed by atoms with Crippen molar-refractivity contribution in [1.29, 1.82) is 0 Å². The third-order valence-electron chi connectivity index (χ3n) is 8.56. The second-order valence-corrected chi connectivity index (χ2v) is 11.3. The Labute approximate surface area is 214 Å². The van der Waals surface area contributed by atoms with Gasteiger partial charge in [0.05, 0.1) is 17.7 Å². The molecule has 0 spiro atoms. The molecular formula is C29H40N4O3. The quantitative estimate of drug-likeness (QED) is 0.563. The summed E-state index contributed by atoms with van der Waals surface area (Å²) in [7, 11) is 0. The number of benzene rings is 1. The molecular weight excluding hydrogens is 452 g/mol. The predicted octanol–water partition coefficient (Wildman–Crippen LogP) is 5.38. The van der Waals surface area contributed by atoms with Crippen LogP contribution in [0.15, 0.2) is 24.3 Å². The number of carbonyl (C=O) groups excluding carboxylic acids is 3. The highest BCUT2D eigenvalue weighted by Gasteiger charge is 2.51. The average Bonchev–Trinajstić information content (AvgIpc) is 3.11. The average molecular weight is 493 g/mol. The van der Waals surface area contributed by atoms with Gasteiger partial charge in [-0.1, -0.05) is 69.6 Å². The molecule has 0 saturated heterocycles. The lowest BCUT2D eigenvalue weighted by Gasteiger charge is -2.48. The number of nitrogens with one attached hydrogen (secondary N) is 2. The molecule has 2 saturated carbocycles. The molecule has 2 N–H and O–H groups in total. The van der Waals surface area contributed by atoms with Crippen molar-refractivity contribution in [2.75, 3.05) is 5.32 Å². The maximum atomic E-state index is 14.4. The molecule has 0 bridgehead atoms. The monoisotopic (exact) mass is 492 g/mol. The third kappa shape index (κ3) is 4.53. The van der Waals surface area contributed by atoms with Crippen LogP contribution < -0.4 is 10.6 Å². The van der Waals surface area contributed by atoms with Gasteiger partial charge in [0, 0.05) is 24.4 Å². The number of rotatable bonds is 4.